The van der Waals surface area contributed by atoms with Gasteiger partial charge in [-0.25, -0.2) is 4.39 Å². The molecule has 0 radical (unpaired) electrons. The standard InChI is InChI=1S/C9H11FN2O2/c10-7-3-5(11)1-2-6(7)8(12)4-9(13)14/h1-3,8H,4,11-12H2,(H,13,14). The molecular formula is C9H11FN2O2. The van der Waals surface area contributed by atoms with Crippen LogP contribution in [0.25, 0.3) is 0 Å². The SMILES string of the molecule is Nc1ccc(C(N)CC(=O)O)c(F)c1. The summed E-state index contributed by atoms with van der Waals surface area (Å²) in [6.07, 6.45) is -0.305. The van der Waals surface area contributed by atoms with Crippen LogP contribution < -0.4 is 11.5 Å². The maximum Gasteiger partial charge on any atom is 0.305 e. The van der Waals surface area contributed by atoms with E-state index in [1.807, 2.05) is 0 Å². The molecule has 14 heavy (non-hydrogen) atoms. The van der Waals surface area contributed by atoms with Crippen LogP contribution in [0.15, 0.2) is 18.2 Å². The van der Waals surface area contributed by atoms with E-state index in [0.717, 1.165) is 6.07 Å². The van der Waals surface area contributed by atoms with E-state index < -0.39 is 17.8 Å². The number of carboxylic acid groups (broad SMARTS) is 1. The molecule has 5 N–H and O–H groups in total. The molecule has 5 heteroatoms. The topological polar surface area (TPSA) is 89.3 Å². The van der Waals surface area contributed by atoms with E-state index in [-0.39, 0.29) is 17.7 Å². The van der Waals surface area contributed by atoms with Gasteiger partial charge < -0.3 is 16.6 Å². The van der Waals surface area contributed by atoms with Crippen molar-refractivity contribution in [3.63, 3.8) is 0 Å². The first-order valence-corrected chi connectivity index (χ1v) is 4.03. The lowest BCUT2D eigenvalue weighted by Gasteiger charge is -2.10. The van der Waals surface area contributed by atoms with E-state index in [4.69, 9.17) is 16.6 Å². The van der Waals surface area contributed by atoms with Crippen LogP contribution in [0.1, 0.15) is 18.0 Å². The number of benzene rings is 1. The van der Waals surface area contributed by atoms with E-state index in [1.165, 1.54) is 12.1 Å². The van der Waals surface area contributed by atoms with Crippen molar-refractivity contribution in [3.8, 4) is 0 Å². The Balaban J connectivity index is 2.90. The van der Waals surface area contributed by atoms with Gasteiger partial charge in [0, 0.05) is 17.3 Å². The average molecular weight is 198 g/mol. The van der Waals surface area contributed by atoms with Gasteiger partial charge in [0.05, 0.1) is 6.42 Å². The van der Waals surface area contributed by atoms with Crippen LogP contribution in [0.3, 0.4) is 0 Å². The number of aliphatic carboxylic acids is 1. The van der Waals surface area contributed by atoms with Crippen LogP contribution in [-0.4, -0.2) is 11.1 Å². The summed E-state index contributed by atoms with van der Waals surface area (Å²) in [6, 6.07) is 3.17. The Kier molecular flexibility index (Phi) is 3.03. The molecule has 0 saturated heterocycles. The Morgan fingerprint density at radius 1 is 1.57 bits per heavy atom. The third kappa shape index (κ3) is 2.43. The molecule has 1 atom stereocenters. The Hall–Kier alpha value is -1.62. The zero-order valence-corrected chi connectivity index (χ0v) is 7.40. The molecule has 0 fully saturated rings. The highest BCUT2D eigenvalue weighted by molar-refractivity contribution is 5.68. The Morgan fingerprint density at radius 3 is 2.71 bits per heavy atom. The normalized spacial score (nSPS) is 12.4. The number of rotatable bonds is 3. The van der Waals surface area contributed by atoms with E-state index in [2.05, 4.69) is 0 Å². The van der Waals surface area contributed by atoms with Gasteiger partial charge in [-0.1, -0.05) is 6.07 Å². The van der Waals surface area contributed by atoms with Crippen molar-refractivity contribution in [1.29, 1.82) is 0 Å². The Morgan fingerprint density at radius 2 is 2.21 bits per heavy atom. The number of anilines is 1. The molecule has 0 bridgehead atoms. The molecular weight excluding hydrogens is 187 g/mol. The number of nitrogen functional groups attached to an aromatic ring is 1. The van der Waals surface area contributed by atoms with Crippen molar-refractivity contribution in [2.45, 2.75) is 12.5 Å². The molecule has 0 amide bonds. The van der Waals surface area contributed by atoms with E-state index in [1.54, 1.807) is 0 Å². The van der Waals surface area contributed by atoms with Crippen molar-refractivity contribution in [2.75, 3.05) is 5.73 Å². The fourth-order valence-electron chi connectivity index (χ4n) is 1.14. The van der Waals surface area contributed by atoms with Gasteiger partial charge in [-0.05, 0) is 12.1 Å². The van der Waals surface area contributed by atoms with Crippen molar-refractivity contribution in [1.82, 2.24) is 0 Å². The highest BCUT2D eigenvalue weighted by atomic mass is 19.1. The van der Waals surface area contributed by atoms with Crippen molar-refractivity contribution in [2.24, 2.45) is 5.73 Å². The number of carbonyl (C=O) groups is 1. The minimum Gasteiger partial charge on any atom is -0.481 e. The van der Waals surface area contributed by atoms with Gasteiger partial charge >= 0.3 is 5.97 Å². The zero-order valence-electron chi connectivity index (χ0n) is 7.40. The molecule has 4 nitrogen and oxygen atoms in total. The molecule has 1 aromatic rings. The number of halogens is 1. The summed E-state index contributed by atoms with van der Waals surface area (Å²) in [7, 11) is 0. The van der Waals surface area contributed by atoms with Gasteiger partial charge in [-0.2, -0.15) is 0 Å². The summed E-state index contributed by atoms with van der Waals surface area (Å²) in [4.78, 5) is 10.3. The summed E-state index contributed by atoms with van der Waals surface area (Å²) in [5, 5.41) is 8.46. The second-order valence-corrected chi connectivity index (χ2v) is 2.99. The second kappa shape index (κ2) is 4.06. The van der Waals surface area contributed by atoms with Crippen LogP contribution in [0.5, 0.6) is 0 Å². The van der Waals surface area contributed by atoms with Crippen LogP contribution in [0, 0.1) is 5.82 Å². The fourth-order valence-corrected chi connectivity index (χ4v) is 1.14. The molecule has 0 aliphatic carbocycles. The number of hydrogen-bond donors (Lipinski definition) is 3. The minimum absolute atomic E-state index is 0.168. The molecule has 1 unspecified atom stereocenters. The molecule has 0 heterocycles. The van der Waals surface area contributed by atoms with Gasteiger partial charge in [0.15, 0.2) is 0 Å². The molecule has 76 valence electrons. The average Bonchev–Trinajstić information content (AvgIpc) is 2.01. The molecule has 0 spiro atoms. The summed E-state index contributed by atoms with van der Waals surface area (Å²) < 4.78 is 13.2. The lowest BCUT2D eigenvalue weighted by Crippen LogP contribution is -2.16. The van der Waals surface area contributed by atoms with E-state index in [0.29, 0.717) is 0 Å². The first-order chi connectivity index (χ1) is 6.50. The first kappa shape index (κ1) is 10.5. The fraction of sp³-hybridized carbons (Fsp3) is 0.222. The lowest BCUT2D eigenvalue weighted by molar-refractivity contribution is -0.137. The van der Waals surface area contributed by atoms with Gasteiger partial charge in [0.2, 0.25) is 0 Å². The summed E-state index contributed by atoms with van der Waals surface area (Å²) >= 11 is 0. The first-order valence-electron chi connectivity index (χ1n) is 4.03. The van der Waals surface area contributed by atoms with Crippen molar-refractivity contribution < 1.29 is 14.3 Å². The second-order valence-electron chi connectivity index (χ2n) is 2.99. The quantitative estimate of drug-likeness (QED) is 0.629. The van der Waals surface area contributed by atoms with Crippen LogP contribution >= 0.6 is 0 Å². The van der Waals surface area contributed by atoms with E-state index >= 15 is 0 Å². The van der Waals surface area contributed by atoms with Crippen LogP contribution in [0.4, 0.5) is 10.1 Å². The van der Waals surface area contributed by atoms with Crippen molar-refractivity contribution in [3.05, 3.63) is 29.6 Å². The van der Waals surface area contributed by atoms with Crippen molar-refractivity contribution >= 4 is 11.7 Å². The van der Waals surface area contributed by atoms with Gasteiger partial charge in [0.1, 0.15) is 5.82 Å². The largest absolute Gasteiger partial charge is 0.481 e. The van der Waals surface area contributed by atoms with E-state index in [9.17, 15) is 9.18 Å². The monoisotopic (exact) mass is 198 g/mol. The molecule has 0 aliphatic heterocycles. The highest BCUT2D eigenvalue weighted by Gasteiger charge is 2.14. The zero-order chi connectivity index (χ0) is 10.7. The predicted octanol–water partition coefficient (Wildman–Crippen LogP) is 0.882. The number of hydrogen-bond acceptors (Lipinski definition) is 3. The molecule has 0 saturated carbocycles. The molecule has 1 aromatic carbocycles. The summed E-state index contributed by atoms with van der Waals surface area (Å²) in [6.45, 7) is 0. The van der Waals surface area contributed by atoms with Crippen LogP contribution in [0.2, 0.25) is 0 Å². The van der Waals surface area contributed by atoms with Gasteiger partial charge in [-0.15, -0.1) is 0 Å². The maximum absolute atomic E-state index is 13.2. The Labute approximate surface area is 80.3 Å². The smallest absolute Gasteiger partial charge is 0.305 e. The third-order valence-corrected chi connectivity index (χ3v) is 1.82. The number of carboxylic acids is 1. The van der Waals surface area contributed by atoms with Gasteiger partial charge in [0.25, 0.3) is 0 Å². The Bertz CT molecular complexity index is 355. The molecule has 0 aromatic heterocycles. The summed E-state index contributed by atoms with van der Waals surface area (Å²) in [5.41, 5.74) is 11.3. The maximum atomic E-state index is 13.2. The predicted molar refractivity (Wildman–Crippen MR) is 50.0 cm³/mol. The minimum atomic E-state index is -1.06. The molecule has 1 rings (SSSR count). The number of nitrogens with two attached hydrogens (primary N) is 2. The molecule has 0 aliphatic rings. The highest BCUT2D eigenvalue weighted by Crippen LogP contribution is 2.19. The van der Waals surface area contributed by atoms with Gasteiger partial charge in [-0.3, -0.25) is 4.79 Å². The van der Waals surface area contributed by atoms with Crippen LogP contribution in [-0.2, 0) is 4.79 Å². The third-order valence-electron chi connectivity index (χ3n) is 1.82. The lowest BCUT2D eigenvalue weighted by atomic mass is 10.0. The summed E-state index contributed by atoms with van der Waals surface area (Å²) in [5.74, 6) is -1.63.